The van der Waals surface area contributed by atoms with Crippen molar-refractivity contribution in [3.8, 4) is 28.3 Å². The van der Waals surface area contributed by atoms with Crippen LogP contribution in [0.5, 0.6) is 0 Å². The smallest absolute Gasteiger partial charge is 0.123 e. The fraction of sp³-hybridized carbons (Fsp3) is 0.0698. The molecule has 0 bridgehead atoms. The Labute approximate surface area is 302 Å². The largest absolute Gasteiger partial charge is 0.476 e. The minimum atomic E-state index is -1.78. The van der Waals surface area contributed by atoms with Gasteiger partial charge in [0, 0.05) is 25.8 Å². The number of imidazole rings is 1. The summed E-state index contributed by atoms with van der Waals surface area (Å²) < 4.78 is 9.69. The molecule has 49 heavy (non-hydrogen) atoms. The van der Waals surface area contributed by atoms with E-state index >= 15 is 0 Å². The minimum Gasteiger partial charge on any atom is -0.476 e. The van der Waals surface area contributed by atoms with Gasteiger partial charge >= 0.3 is 123 Å². The van der Waals surface area contributed by atoms with Crippen LogP contribution in [0.1, 0.15) is 0 Å². The van der Waals surface area contributed by atoms with E-state index in [2.05, 4.69) is 112 Å². The van der Waals surface area contributed by atoms with Gasteiger partial charge in [-0.3, -0.25) is 4.98 Å². The molecule has 0 unspecified atom stereocenters. The summed E-state index contributed by atoms with van der Waals surface area (Å²) >= 11 is -1.78. The normalized spacial score (nSPS) is 11.4. The van der Waals surface area contributed by atoms with Gasteiger partial charge in [0.1, 0.15) is 5.58 Å². The molecular formula is C43H33GeIrN3O-2. The molecule has 0 spiro atoms. The molecule has 0 atom stereocenters. The van der Waals surface area contributed by atoms with Crippen LogP contribution >= 0.6 is 0 Å². The Hall–Kier alpha value is -4.81. The molecule has 241 valence electrons. The molecule has 0 saturated heterocycles. The van der Waals surface area contributed by atoms with Crippen LogP contribution < -0.4 is 4.40 Å². The fourth-order valence-electron chi connectivity index (χ4n) is 6.20. The summed E-state index contributed by atoms with van der Waals surface area (Å²) in [5, 5.41) is 4.63. The Bertz CT molecular complexity index is 2540. The summed E-state index contributed by atoms with van der Waals surface area (Å²) in [7, 11) is 0. The second-order valence-corrected chi connectivity index (χ2v) is 23.6. The summed E-state index contributed by atoms with van der Waals surface area (Å²) in [5.41, 5.74) is 7.85. The zero-order chi connectivity index (χ0) is 32.7. The van der Waals surface area contributed by atoms with Gasteiger partial charge in [-0.1, -0.05) is 60.0 Å². The van der Waals surface area contributed by atoms with E-state index < -0.39 is 13.3 Å². The van der Waals surface area contributed by atoms with E-state index in [1.54, 1.807) is 0 Å². The standard InChI is InChI=1S/C25H15N2O.C18H18GeN.Ir/c1-2-8-18(9-3-1)27-22-12-6-5-11-21(22)26-25(27)17-14-15-20-19-10-4-7-13-23(19)28-24(20)16-17;1-19(2,3)15-11-12-18(20-13-15)17-10-6-8-14-7-4-5-9-16(14)17;/h1-13,15-16H;4-9,11-13H,1-3H3;/q2*-1;. The number of nitrogens with zero attached hydrogens (tertiary/aromatic N) is 3. The zero-order valence-electron chi connectivity index (χ0n) is 27.4. The number of pyridine rings is 1. The quantitative estimate of drug-likeness (QED) is 0.131. The van der Waals surface area contributed by atoms with Gasteiger partial charge in [-0.2, -0.15) is 0 Å². The van der Waals surface area contributed by atoms with Crippen molar-refractivity contribution in [3.05, 3.63) is 158 Å². The minimum absolute atomic E-state index is 0. The van der Waals surface area contributed by atoms with E-state index in [1.807, 2.05) is 72.8 Å². The number of rotatable bonds is 4. The second kappa shape index (κ2) is 13.6. The molecule has 6 heteroatoms. The molecular weight excluding hydrogens is 839 g/mol. The van der Waals surface area contributed by atoms with E-state index in [-0.39, 0.29) is 20.1 Å². The maximum absolute atomic E-state index is 6.08. The zero-order valence-corrected chi connectivity index (χ0v) is 31.9. The summed E-state index contributed by atoms with van der Waals surface area (Å²) in [6, 6.07) is 54.3. The molecule has 1 radical (unpaired) electrons. The summed E-state index contributed by atoms with van der Waals surface area (Å²) in [6.45, 7) is 0. The van der Waals surface area contributed by atoms with Gasteiger partial charge in [0.15, 0.2) is 0 Å². The summed E-state index contributed by atoms with van der Waals surface area (Å²) in [4.78, 5) is 9.59. The van der Waals surface area contributed by atoms with E-state index in [4.69, 9.17) is 9.40 Å². The van der Waals surface area contributed by atoms with Crippen LogP contribution in [0.2, 0.25) is 17.3 Å². The third-order valence-corrected chi connectivity index (χ3v) is 13.0. The van der Waals surface area contributed by atoms with Crippen LogP contribution in [0.15, 0.2) is 150 Å². The molecule has 3 aromatic heterocycles. The van der Waals surface area contributed by atoms with Crippen molar-refractivity contribution in [2.24, 2.45) is 0 Å². The van der Waals surface area contributed by atoms with Gasteiger partial charge in [0.25, 0.3) is 0 Å². The first kappa shape index (κ1) is 32.7. The Kier molecular flexibility index (Phi) is 9.08. The van der Waals surface area contributed by atoms with Gasteiger partial charge in [-0.25, -0.2) is 0 Å². The van der Waals surface area contributed by atoms with Crippen LogP contribution in [0.3, 0.4) is 0 Å². The number of para-hydroxylation sites is 4. The fourth-order valence-corrected chi connectivity index (χ4v) is 8.37. The van der Waals surface area contributed by atoms with Crippen molar-refractivity contribution >= 4 is 61.4 Å². The third-order valence-electron chi connectivity index (χ3n) is 8.73. The molecule has 0 aliphatic rings. The van der Waals surface area contributed by atoms with Crippen LogP contribution in [-0.2, 0) is 20.1 Å². The third kappa shape index (κ3) is 6.38. The number of aromatic nitrogens is 3. The molecule has 6 aromatic carbocycles. The molecule has 4 nitrogen and oxygen atoms in total. The summed E-state index contributed by atoms with van der Waals surface area (Å²) in [6.07, 6.45) is 2.06. The average Bonchev–Trinajstić information content (AvgIpc) is 3.70. The van der Waals surface area contributed by atoms with Gasteiger partial charge in [0.2, 0.25) is 0 Å². The number of benzene rings is 6. The van der Waals surface area contributed by atoms with Crippen molar-refractivity contribution in [1.82, 2.24) is 14.5 Å². The van der Waals surface area contributed by atoms with E-state index in [9.17, 15) is 0 Å². The number of furan rings is 1. The van der Waals surface area contributed by atoms with Crippen molar-refractivity contribution in [3.63, 3.8) is 0 Å². The molecule has 0 aliphatic carbocycles. The number of hydrogen-bond donors (Lipinski definition) is 0. The Morgan fingerprint density at radius 1 is 0.673 bits per heavy atom. The van der Waals surface area contributed by atoms with Crippen LogP contribution in [-0.4, -0.2) is 27.8 Å². The number of fused-ring (bicyclic) bond motifs is 5. The molecule has 3 heterocycles. The molecule has 9 rings (SSSR count). The summed E-state index contributed by atoms with van der Waals surface area (Å²) in [5.74, 6) is 8.03. The van der Waals surface area contributed by atoms with Gasteiger partial charge in [-0.05, 0) is 35.7 Å². The first-order valence-electron chi connectivity index (χ1n) is 16.2. The van der Waals surface area contributed by atoms with Gasteiger partial charge < -0.3 is 8.98 Å². The van der Waals surface area contributed by atoms with Crippen molar-refractivity contribution in [2.45, 2.75) is 17.3 Å². The number of hydrogen-bond acceptors (Lipinski definition) is 3. The predicted octanol–water partition coefficient (Wildman–Crippen LogP) is 10.6. The van der Waals surface area contributed by atoms with E-state index in [1.165, 1.54) is 15.2 Å². The van der Waals surface area contributed by atoms with Crippen molar-refractivity contribution < 1.29 is 24.5 Å². The first-order chi connectivity index (χ1) is 23.4. The Morgan fingerprint density at radius 2 is 1.41 bits per heavy atom. The maximum atomic E-state index is 6.08. The molecule has 9 aromatic rings. The Morgan fingerprint density at radius 3 is 2.20 bits per heavy atom. The topological polar surface area (TPSA) is 43.9 Å². The second-order valence-electron chi connectivity index (χ2n) is 12.9. The molecule has 0 saturated carbocycles. The van der Waals surface area contributed by atoms with Crippen molar-refractivity contribution in [1.29, 1.82) is 0 Å². The predicted molar refractivity (Wildman–Crippen MR) is 202 cm³/mol. The maximum Gasteiger partial charge on any atom is 0.123 e. The van der Waals surface area contributed by atoms with E-state index in [0.29, 0.717) is 0 Å². The Balaban J connectivity index is 0.000000160. The molecule has 0 N–H and O–H groups in total. The monoisotopic (exact) mass is 874 g/mol. The van der Waals surface area contributed by atoms with Crippen LogP contribution in [0.25, 0.3) is 72.1 Å². The van der Waals surface area contributed by atoms with Gasteiger partial charge in [0.05, 0.1) is 22.4 Å². The molecule has 0 fully saturated rings. The van der Waals surface area contributed by atoms with Crippen molar-refractivity contribution in [2.75, 3.05) is 0 Å². The average molecular weight is 873 g/mol. The van der Waals surface area contributed by atoms with Gasteiger partial charge in [-0.15, -0.1) is 17.7 Å². The van der Waals surface area contributed by atoms with Crippen LogP contribution in [0.4, 0.5) is 0 Å². The van der Waals surface area contributed by atoms with Crippen LogP contribution in [0, 0.1) is 12.1 Å². The SMILES string of the molecule is [CH3][Ge]([CH3])([CH3])[c]1ccc(-c2[c-]ccc3ccccc23)nc1.[Ir].[c-]1cc2c(cc1-c1nc3ccccc3n1-c1ccccc1)oc1ccccc12. The molecule has 0 aliphatic heterocycles. The van der Waals surface area contributed by atoms with E-state index in [0.717, 1.165) is 61.3 Å². The first-order valence-corrected chi connectivity index (χ1v) is 23.5. The molecule has 0 amide bonds.